The van der Waals surface area contributed by atoms with E-state index in [-0.39, 0.29) is 5.91 Å². The number of amides is 1. The first-order valence-corrected chi connectivity index (χ1v) is 11.5. The van der Waals surface area contributed by atoms with Gasteiger partial charge in [0, 0.05) is 19.1 Å². The summed E-state index contributed by atoms with van der Waals surface area (Å²) in [6.07, 6.45) is 4.88. The summed E-state index contributed by atoms with van der Waals surface area (Å²) >= 11 is 6.29. The molecule has 2 heterocycles. The van der Waals surface area contributed by atoms with Crippen LogP contribution in [0, 0.1) is 12.8 Å². The highest BCUT2D eigenvalue weighted by Crippen LogP contribution is 2.31. The number of piperidine rings is 1. The van der Waals surface area contributed by atoms with Crippen molar-refractivity contribution < 1.29 is 4.79 Å². The van der Waals surface area contributed by atoms with Gasteiger partial charge in [-0.25, -0.2) is 0 Å². The van der Waals surface area contributed by atoms with Gasteiger partial charge in [0.05, 0.1) is 17.3 Å². The van der Waals surface area contributed by atoms with Crippen LogP contribution in [0.5, 0.6) is 0 Å². The van der Waals surface area contributed by atoms with Crippen molar-refractivity contribution in [3.63, 3.8) is 0 Å². The van der Waals surface area contributed by atoms with Gasteiger partial charge >= 0.3 is 0 Å². The number of nitrogens with zero attached hydrogens (tertiary/aromatic N) is 2. The van der Waals surface area contributed by atoms with Gasteiger partial charge in [0.1, 0.15) is 0 Å². The van der Waals surface area contributed by atoms with Crippen molar-refractivity contribution in [3.05, 3.63) is 64.7 Å². The smallest absolute Gasteiger partial charge is 0.238 e. The van der Waals surface area contributed by atoms with Crippen molar-refractivity contribution in [1.82, 2.24) is 9.80 Å². The zero-order valence-corrected chi connectivity index (χ0v) is 18.6. The number of hydrogen-bond donors (Lipinski definition) is 1. The second-order valence-corrected chi connectivity index (χ2v) is 9.24. The van der Waals surface area contributed by atoms with Crippen LogP contribution >= 0.6 is 11.6 Å². The Bertz CT molecular complexity index is 857. The fourth-order valence-electron chi connectivity index (χ4n) is 5.07. The third kappa shape index (κ3) is 5.42. The molecule has 2 aromatic carbocycles. The van der Waals surface area contributed by atoms with Crippen LogP contribution in [0.3, 0.4) is 0 Å². The fraction of sp³-hybridized carbons (Fsp3) is 0.480. The number of carbonyl (C=O) groups excluding carboxylic acids is 1. The van der Waals surface area contributed by atoms with Crippen molar-refractivity contribution in [3.8, 4) is 0 Å². The van der Waals surface area contributed by atoms with Crippen LogP contribution in [-0.4, -0.2) is 47.9 Å². The first-order chi connectivity index (χ1) is 14.6. The molecule has 0 radical (unpaired) electrons. The molecule has 2 aliphatic rings. The van der Waals surface area contributed by atoms with Crippen molar-refractivity contribution in [1.29, 1.82) is 0 Å². The van der Waals surface area contributed by atoms with E-state index in [9.17, 15) is 4.79 Å². The summed E-state index contributed by atoms with van der Waals surface area (Å²) in [7, 11) is 0. The number of aryl methyl sites for hydroxylation is 1. The molecule has 1 amide bonds. The van der Waals surface area contributed by atoms with Gasteiger partial charge in [-0.05, 0) is 74.9 Å². The largest absolute Gasteiger partial charge is 0.324 e. The Kier molecular flexibility index (Phi) is 7.08. The van der Waals surface area contributed by atoms with Gasteiger partial charge in [-0.15, -0.1) is 0 Å². The van der Waals surface area contributed by atoms with Gasteiger partial charge in [-0.1, -0.05) is 48.0 Å². The lowest BCUT2D eigenvalue weighted by molar-refractivity contribution is -0.117. The van der Waals surface area contributed by atoms with Crippen molar-refractivity contribution in [2.75, 3.05) is 31.5 Å². The molecule has 4 rings (SSSR count). The van der Waals surface area contributed by atoms with Crippen LogP contribution in [-0.2, 0) is 11.3 Å². The lowest BCUT2D eigenvalue weighted by Gasteiger charge is -2.39. The highest BCUT2D eigenvalue weighted by molar-refractivity contribution is 6.33. The van der Waals surface area contributed by atoms with E-state index in [1.54, 1.807) is 0 Å². The third-order valence-electron chi connectivity index (χ3n) is 6.49. The van der Waals surface area contributed by atoms with E-state index in [0.29, 0.717) is 29.2 Å². The van der Waals surface area contributed by atoms with Crippen molar-refractivity contribution in [2.24, 2.45) is 5.92 Å². The Morgan fingerprint density at radius 2 is 1.90 bits per heavy atom. The van der Waals surface area contributed by atoms with E-state index < -0.39 is 0 Å². The minimum atomic E-state index is 0.0320. The first kappa shape index (κ1) is 21.4. The summed E-state index contributed by atoms with van der Waals surface area (Å²) in [6, 6.07) is 17.0. The van der Waals surface area contributed by atoms with Crippen molar-refractivity contribution >= 4 is 23.2 Å². The summed E-state index contributed by atoms with van der Waals surface area (Å²) < 4.78 is 0. The summed E-state index contributed by atoms with van der Waals surface area (Å²) in [5, 5.41) is 3.61. The van der Waals surface area contributed by atoms with Crippen LogP contribution in [0.25, 0.3) is 0 Å². The Labute approximate surface area is 185 Å². The monoisotopic (exact) mass is 425 g/mol. The molecular formula is C25H32ClN3O. The molecule has 160 valence electrons. The number of rotatable bonds is 6. The molecule has 2 saturated heterocycles. The van der Waals surface area contributed by atoms with Gasteiger partial charge in [0.2, 0.25) is 5.91 Å². The van der Waals surface area contributed by atoms with Gasteiger partial charge < -0.3 is 5.32 Å². The molecule has 1 N–H and O–H groups in total. The standard InChI is InChI=1S/C25H32ClN3O/c1-19-11-12-23(22(26)15-19)27-25(30)18-29-14-6-10-24(29)21-9-5-13-28(17-21)16-20-7-3-2-4-8-20/h2-4,7-8,11-12,15,21,24H,5-6,9-10,13-14,16-18H2,1H3,(H,27,30). The van der Waals surface area contributed by atoms with Crippen LogP contribution in [0.2, 0.25) is 5.02 Å². The quantitative estimate of drug-likeness (QED) is 0.710. The Balaban J connectivity index is 1.34. The average molecular weight is 426 g/mol. The molecule has 0 spiro atoms. The van der Waals surface area contributed by atoms with Crippen LogP contribution in [0.4, 0.5) is 5.69 Å². The zero-order valence-electron chi connectivity index (χ0n) is 17.8. The first-order valence-electron chi connectivity index (χ1n) is 11.1. The Morgan fingerprint density at radius 3 is 2.70 bits per heavy atom. The highest BCUT2D eigenvalue weighted by Gasteiger charge is 2.35. The van der Waals surface area contributed by atoms with E-state index in [0.717, 1.165) is 25.2 Å². The number of anilines is 1. The van der Waals surface area contributed by atoms with Crippen molar-refractivity contribution in [2.45, 2.75) is 45.2 Å². The van der Waals surface area contributed by atoms with Gasteiger partial charge in [-0.2, -0.15) is 0 Å². The Hall–Kier alpha value is -1.88. The number of likely N-dealkylation sites (tertiary alicyclic amines) is 2. The molecule has 30 heavy (non-hydrogen) atoms. The third-order valence-corrected chi connectivity index (χ3v) is 6.81. The van der Waals surface area contributed by atoms with E-state index in [1.807, 2.05) is 25.1 Å². The van der Waals surface area contributed by atoms with E-state index in [2.05, 4.69) is 45.4 Å². The number of hydrogen-bond acceptors (Lipinski definition) is 3. The number of carbonyl (C=O) groups is 1. The lowest BCUT2D eigenvalue weighted by Crippen LogP contribution is -2.46. The minimum Gasteiger partial charge on any atom is -0.324 e. The number of halogens is 1. The molecule has 4 nitrogen and oxygen atoms in total. The molecule has 0 bridgehead atoms. The molecule has 5 heteroatoms. The van der Waals surface area contributed by atoms with Crippen LogP contribution < -0.4 is 5.32 Å². The molecule has 2 aromatic rings. The molecule has 0 aliphatic carbocycles. The second kappa shape index (κ2) is 9.95. The molecule has 0 saturated carbocycles. The molecule has 0 aromatic heterocycles. The SMILES string of the molecule is Cc1ccc(NC(=O)CN2CCCC2C2CCCN(Cc3ccccc3)C2)c(Cl)c1. The molecule has 2 unspecified atom stereocenters. The predicted octanol–water partition coefficient (Wildman–Crippen LogP) is 4.96. The molecule has 2 atom stereocenters. The van der Waals surface area contributed by atoms with E-state index in [1.165, 1.54) is 37.8 Å². The normalized spacial score (nSPS) is 22.9. The number of benzene rings is 2. The highest BCUT2D eigenvalue weighted by atomic mass is 35.5. The maximum absolute atomic E-state index is 12.7. The maximum atomic E-state index is 12.7. The molecular weight excluding hydrogens is 394 g/mol. The summed E-state index contributed by atoms with van der Waals surface area (Å²) in [5.41, 5.74) is 3.18. The summed E-state index contributed by atoms with van der Waals surface area (Å²) in [4.78, 5) is 17.7. The van der Waals surface area contributed by atoms with E-state index >= 15 is 0 Å². The van der Waals surface area contributed by atoms with Gasteiger partial charge in [0.15, 0.2) is 0 Å². The lowest BCUT2D eigenvalue weighted by atomic mass is 9.89. The molecule has 2 aliphatic heterocycles. The average Bonchev–Trinajstić information content (AvgIpc) is 3.19. The number of nitrogens with one attached hydrogen (secondary N) is 1. The topological polar surface area (TPSA) is 35.6 Å². The van der Waals surface area contributed by atoms with Gasteiger partial charge in [-0.3, -0.25) is 14.6 Å². The molecule has 2 fully saturated rings. The predicted molar refractivity (Wildman–Crippen MR) is 124 cm³/mol. The van der Waals surface area contributed by atoms with Crippen LogP contribution in [0.1, 0.15) is 36.8 Å². The zero-order chi connectivity index (χ0) is 20.9. The summed E-state index contributed by atoms with van der Waals surface area (Å²) in [5.74, 6) is 0.672. The van der Waals surface area contributed by atoms with Crippen LogP contribution in [0.15, 0.2) is 48.5 Å². The second-order valence-electron chi connectivity index (χ2n) is 8.83. The minimum absolute atomic E-state index is 0.0320. The Morgan fingerprint density at radius 1 is 1.10 bits per heavy atom. The van der Waals surface area contributed by atoms with Gasteiger partial charge in [0.25, 0.3) is 0 Å². The van der Waals surface area contributed by atoms with E-state index in [4.69, 9.17) is 11.6 Å². The summed E-state index contributed by atoms with van der Waals surface area (Å²) in [6.45, 7) is 6.78. The fourth-order valence-corrected chi connectivity index (χ4v) is 5.35. The maximum Gasteiger partial charge on any atom is 0.238 e.